The first kappa shape index (κ1) is 13.4. The second kappa shape index (κ2) is 5.50. The summed E-state index contributed by atoms with van der Waals surface area (Å²) in [4.78, 5) is 7.40. The molecule has 4 rings (SSSR count). The molecule has 0 radical (unpaired) electrons. The Kier molecular flexibility index (Phi) is 3.20. The van der Waals surface area contributed by atoms with Gasteiger partial charge in [-0.1, -0.05) is 30.3 Å². The van der Waals surface area contributed by atoms with Crippen molar-refractivity contribution in [1.29, 1.82) is 0 Å². The van der Waals surface area contributed by atoms with Crippen LogP contribution in [0.5, 0.6) is 11.5 Å². The van der Waals surface area contributed by atoms with E-state index in [1.165, 1.54) is 0 Å². The van der Waals surface area contributed by atoms with Crippen LogP contribution in [0.1, 0.15) is 0 Å². The Bertz CT molecular complexity index is 943. The highest BCUT2D eigenvalue weighted by molar-refractivity contribution is 6.01. The molecule has 0 aliphatic rings. The molecule has 0 bridgehead atoms. The zero-order chi connectivity index (χ0) is 15.6. The molecule has 0 saturated carbocycles. The Balaban J connectivity index is 1.67. The van der Waals surface area contributed by atoms with Crippen molar-refractivity contribution >= 4 is 16.7 Å². The number of H-pyrrole nitrogens is 1. The van der Waals surface area contributed by atoms with E-state index in [1.807, 2.05) is 66.9 Å². The highest BCUT2D eigenvalue weighted by atomic mass is 16.5. The van der Waals surface area contributed by atoms with Gasteiger partial charge in [-0.3, -0.25) is 0 Å². The van der Waals surface area contributed by atoms with Gasteiger partial charge in [-0.05, 0) is 35.9 Å². The minimum atomic E-state index is 0.531. The van der Waals surface area contributed by atoms with Gasteiger partial charge in [0.2, 0.25) is 0 Å². The zero-order valence-electron chi connectivity index (χ0n) is 12.4. The first-order valence-electron chi connectivity index (χ1n) is 7.36. The molecule has 0 fully saturated rings. The fourth-order valence-electron chi connectivity index (χ4n) is 2.66. The molecule has 2 aromatic heterocycles. The van der Waals surface area contributed by atoms with Crippen LogP contribution in [0.2, 0.25) is 0 Å². The van der Waals surface area contributed by atoms with E-state index < -0.39 is 0 Å². The molecule has 0 atom stereocenters. The Hall–Kier alpha value is -3.27. The van der Waals surface area contributed by atoms with Gasteiger partial charge in [0.1, 0.15) is 17.3 Å². The van der Waals surface area contributed by atoms with Crippen LogP contribution in [0.3, 0.4) is 0 Å². The predicted molar refractivity (Wildman–Crippen MR) is 92.5 cm³/mol. The minimum Gasteiger partial charge on any atom is -0.457 e. The van der Waals surface area contributed by atoms with Gasteiger partial charge < -0.3 is 15.5 Å². The van der Waals surface area contributed by atoms with E-state index >= 15 is 0 Å². The topological polar surface area (TPSA) is 63.9 Å². The molecule has 0 spiro atoms. The number of nitrogen functional groups attached to an aromatic ring is 1. The van der Waals surface area contributed by atoms with Gasteiger partial charge >= 0.3 is 0 Å². The highest BCUT2D eigenvalue weighted by Crippen LogP contribution is 2.33. The first-order valence-corrected chi connectivity index (χ1v) is 7.36. The largest absolute Gasteiger partial charge is 0.457 e. The summed E-state index contributed by atoms with van der Waals surface area (Å²) in [6, 6.07) is 19.6. The monoisotopic (exact) mass is 301 g/mol. The number of hydrogen-bond donors (Lipinski definition) is 2. The van der Waals surface area contributed by atoms with Crippen LogP contribution in [0.4, 0.5) is 5.82 Å². The van der Waals surface area contributed by atoms with Gasteiger partial charge in [-0.25, -0.2) is 4.98 Å². The van der Waals surface area contributed by atoms with Gasteiger partial charge in [-0.2, -0.15) is 0 Å². The SMILES string of the molecule is Nc1nccc2[nH]cc(-c3ccc(Oc4ccccc4)cc3)c12. The molecule has 0 aliphatic carbocycles. The fraction of sp³-hybridized carbons (Fsp3) is 0. The van der Waals surface area contributed by atoms with Crippen molar-refractivity contribution in [3.63, 3.8) is 0 Å². The molecule has 0 aliphatic heterocycles. The molecule has 2 aromatic carbocycles. The van der Waals surface area contributed by atoms with Gasteiger partial charge in [0.25, 0.3) is 0 Å². The number of fused-ring (bicyclic) bond motifs is 1. The molecule has 0 saturated heterocycles. The smallest absolute Gasteiger partial charge is 0.133 e. The number of hydrogen-bond acceptors (Lipinski definition) is 3. The normalized spacial score (nSPS) is 10.8. The third-order valence-corrected chi connectivity index (χ3v) is 3.77. The van der Waals surface area contributed by atoms with Gasteiger partial charge in [0.05, 0.1) is 5.52 Å². The Morgan fingerprint density at radius 1 is 0.870 bits per heavy atom. The van der Waals surface area contributed by atoms with E-state index in [0.29, 0.717) is 5.82 Å². The fourth-order valence-corrected chi connectivity index (χ4v) is 2.66. The lowest BCUT2D eigenvalue weighted by molar-refractivity contribution is 0.483. The van der Waals surface area contributed by atoms with Crippen molar-refractivity contribution in [3.8, 4) is 22.6 Å². The average Bonchev–Trinajstić information content (AvgIpc) is 3.02. The summed E-state index contributed by atoms with van der Waals surface area (Å²) >= 11 is 0. The highest BCUT2D eigenvalue weighted by Gasteiger charge is 2.09. The molecular weight excluding hydrogens is 286 g/mol. The number of benzene rings is 2. The summed E-state index contributed by atoms with van der Waals surface area (Å²) < 4.78 is 5.82. The van der Waals surface area contributed by atoms with Crippen LogP contribution < -0.4 is 10.5 Å². The lowest BCUT2D eigenvalue weighted by Crippen LogP contribution is -1.90. The lowest BCUT2D eigenvalue weighted by Gasteiger charge is -2.07. The molecule has 0 unspecified atom stereocenters. The van der Waals surface area contributed by atoms with Crippen LogP contribution in [-0.4, -0.2) is 9.97 Å². The molecule has 0 amide bonds. The lowest BCUT2D eigenvalue weighted by atomic mass is 10.1. The van der Waals surface area contributed by atoms with Crippen molar-refractivity contribution in [2.75, 3.05) is 5.73 Å². The van der Waals surface area contributed by atoms with E-state index in [4.69, 9.17) is 10.5 Å². The third kappa shape index (κ3) is 2.51. The number of nitrogens with one attached hydrogen (secondary N) is 1. The Morgan fingerprint density at radius 2 is 1.61 bits per heavy atom. The van der Waals surface area contributed by atoms with Crippen LogP contribution in [0, 0.1) is 0 Å². The van der Waals surface area contributed by atoms with Crippen molar-refractivity contribution in [2.24, 2.45) is 0 Å². The number of anilines is 1. The number of pyridine rings is 1. The number of nitrogens with zero attached hydrogens (tertiary/aromatic N) is 1. The van der Waals surface area contributed by atoms with Crippen molar-refractivity contribution in [2.45, 2.75) is 0 Å². The summed E-state index contributed by atoms with van der Waals surface area (Å²) in [6.07, 6.45) is 3.66. The number of nitrogens with two attached hydrogens (primary N) is 1. The molecule has 4 heteroatoms. The van der Waals surface area contributed by atoms with Crippen LogP contribution in [0.15, 0.2) is 73.1 Å². The summed E-state index contributed by atoms with van der Waals surface area (Å²) in [6.45, 7) is 0. The maximum absolute atomic E-state index is 6.02. The van der Waals surface area contributed by atoms with Crippen LogP contribution >= 0.6 is 0 Å². The number of para-hydroxylation sites is 1. The van der Waals surface area contributed by atoms with Crippen LogP contribution in [0.25, 0.3) is 22.0 Å². The maximum atomic E-state index is 6.02. The number of aromatic nitrogens is 2. The van der Waals surface area contributed by atoms with Crippen molar-refractivity contribution in [3.05, 3.63) is 73.1 Å². The van der Waals surface area contributed by atoms with E-state index in [1.54, 1.807) is 6.20 Å². The summed E-state index contributed by atoms with van der Waals surface area (Å²) in [5.41, 5.74) is 9.10. The average molecular weight is 301 g/mol. The van der Waals surface area contributed by atoms with Crippen LogP contribution in [-0.2, 0) is 0 Å². The summed E-state index contributed by atoms with van der Waals surface area (Å²) in [5.74, 6) is 2.15. The number of rotatable bonds is 3. The molecular formula is C19H15N3O. The minimum absolute atomic E-state index is 0.531. The molecule has 4 aromatic rings. The van der Waals surface area contributed by atoms with Gasteiger partial charge in [0.15, 0.2) is 0 Å². The maximum Gasteiger partial charge on any atom is 0.133 e. The van der Waals surface area contributed by atoms with E-state index in [9.17, 15) is 0 Å². The molecule has 3 N–H and O–H groups in total. The zero-order valence-corrected chi connectivity index (χ0v) is 12.4. The quantitative estimate of drug-likeness (QED) is 0.581. The second-order valence-corrected chi connectivity index (χ2v) is 5.26. The summed E-state index contributed by atoms with van der Waals surface area (Å²) in [5, 5.41) is 0.948. The Morgan fingerprint density at radius 3 is 2.39 bits per heavy atom. The summed E-state index contributed by atoms with van der Waals surface area (Å²) in [7, 11) is 0. The molecule has 112 valence electrons. The third-order valence-electron chi connectivity index (χ3n) is 3.77. The standard InChI is InChI=1S/C19H15N3O/c20-19-18-16(12-22-17(18)10-11-21-19)13-6-8-15(9-7-13)23-14-4-2-1-3-5-14/h1-12,22H,(H2,20,21). The van der Waals surface area contributed by atoms with E-state index in [-0.39, 0.29) is 0 Å². The number of aromatic amines is 1. The van der Waals surface area contributed by atoms with Crippen molar-refractivity contribution < 1.29 is 4.74 Å². The molecule has 2 heterocycles. The van der Waals surface area contributed by atoms with Crippen molar-refractivity contribution in [1.82, 2.24) is 9.97 Å². The molecule has 23 heavy (non-hydrogen) atoms. The van der Waals surface area contributed by atoms with E-state index in [2.05, 4.69) is 9.97 Å². The second-order valence-electron chi connectivity index (χ2n) is 5.26. The van der Waals surface area contributed by atoms with Gasteiger partial charge in [0, 0.05) is 23.3 Å². The van der Waals surface area contributed by atoms with Gasteiger partial charge in [-0.15, -0.1) is 0 Å². The molecule has 4 nitrogen and oxygen atoms in total. The Labute approximate surface area is 133 Å². The predicted octanol–water partition coefficient (Wildman–Crippen LogP) is 4.60. The number of ether oxygens (including phenoxy) is 1. The first-order chi connectivity index (χ1) is 11.3. The van der Waals surface area contributed by atoms with E-state index in [0.717, 1.165) is 33.5 Å².